The first-order valence-corrected chi connectivity index (χ1v) is 11.8. The summed E-state index contributed by atoms with van der Waals surface area (Å²) in [5.41, 5.74) is 0.914. The zero-order valence-electron chi connectivity index (χ0n) is 19.7. The largest absolute Gasteiger partial charge is 0.322 e. The minimum absolute atomic E-state index is 0.0965. The Kier molecular flexibility index (Phi) is 8.58. The van der Waals surface area contributed by atoms with Crippen molar-refractivity contribution in [1.29, 1.82) is 0 Å². The Bertz CT molecular complexity index is 1140. The molecule has 0 spiro atoms. The van der Waals surface area contributed by atoms with Gasteiger partial charge in [0.15, 0.2) is 0 Å². The number of fused-ring (bicyclic) bond motifs is 1. The third kappa shape index (κ3) is 5.97. The number of nitrogens with zero attached hydrogens (tertiary/aromatic N) is 3. The summed E-state index contributed by atoms with van der Waals surface area (Å²) in [6.45, 7) is 7.07. The van der Waals surface area contributed by atoms with Gasteiger partial charge in [0.25, 0.3) is 5.56 Å². The van der Waals surface area contributed by atoms with Crippen molar-refractivity contribution in [2.45, 2.75) is 65.5 Å². The molecule has 0 aliphatic heterocycles. The second kappa shape index (κ2) is 11.6. The number of anilines is 1. The van der Waals surface area contributed by atoms with Gasteiger partial charge in [0.1, 0.15) is 11.6 Å². The molecule has 0 fully saturated rings. The van der Waals surface area contributed by atoms with Crippen LogP contribution in [0.3, 0.4) is 0 Å². The van der Waals surface area contributed by atoms with Gasteiger partial charge >= 0.3 is 6.03 Å². The number of para-hydroxylation sites is 1. The second-order valence-corrected chi connectivity index (χ2v) is 8.31. The van der Waals surface area contributed by atoms with E-state index in [1.165, 1.54) is 12.1 Å². The fourth-order valence-corrected chi connectivity index (χ4v) is 4.02. The van der Waals surface area contributed by atoms with E-state index in [0.717, 1.165) is 32.1 Å². The zero-order valence-corrected chi connectivity index (χ0v) is 19.7. The van der Waals surface area contributed by atoms with Gasteiger partial charge in [0.05, 0.1) is 16.9 Å². The van der Waals surface area contributed by atoms with Gasteiger partial charge in [-0.25, -0.2) is 14.2 Å². The van der Waals surface area contributed by atoms with Crippen LogP contribution < -0.4 is 10.9 Å². The van der Waals surface area contributed by atoms with Crippen LogP contribution in [0.15, 0.2) is 53.3 Å². The Morgan fingerprint density at radius 2 is 1.88 bits per heavy atom. The van der Waals surface area contributed by atoms with Crippen molar-refractivity contribution in [3.8, 4) is 0 Å². The zero-order chi connectivity index (χ0) is 23.8. The lowest BCUT2D eigenvalue weighted by atomic mass is 10.1. The van der Waals surface area contributed by atoms with Gasteiger partial charge in [-0.2, -0.15) is 0 Å². The number of urea groups is 1. The van der Waals surface area contributed by atoms with Gasteiger partial charge in [-0.1, -0.05) is 51.3 Å². The molecule has 1 atom stereocenters. The third-order valence-electron chi connectivity index (χ3n) is 5.77. The number of rotatable bonds is 10. The van der Waals surface area contributed by atoms with E-state index in [2.05, 4.69) is 12.2 Å². The van der Waals surface area contributed by atoms with Crippen LogP contribution >= 0.6 is 0 Å². The van der Waals surface area contributed by atoms with E-state index >= 15 is 0 Å². The quantitative estimate of drug-likeness (QED) is 0.377. The molecule has 1 heterocycles. The van der Waals surface area contributed by atoms with Crippen LogP contribution in [0.5, 0.6) is 0 Å². The van der Waals surface area contributed by atoms with E-state index in [9.17, 15) is 14.0 Å². The van der Waals surface area contributed by atoms with E-state index in [4.69, 9.17) is 4.98 Å². The number of unbranched alkanes of at least 4 members (excludes halogenated alkanes) is 3. The van der Waals surface area contributed by atoms with Crippen LogP contribution in [0, 0.1) is 5.82 Å². The summed E-state index contributed by atoms with van der Waals surface area (Å²) in [5.74, 6) is 0.147. The summed E-state index contributed by atoms with van der Waals surface area (Å²) >= 11 is 0. The van der Waals surface area contributed by atoms with Crippen molar-refractivity contribution >= 4 is 22.6 Å². The van der Waals surface area contributed by atoms with Crippen LogP contribution in [0.1, 0.15) is 64.7 Å². The lowest BCUT2D eigenvalue weighted by molar-refractivity contribution is 0.186. The molecule has 6 nitrogen and oxygen atoms in total. The highest BCUT2D eigenvalue weighted by molar-refractivity contribution is 5.89. The summed E-state index contributed by atoms with van der Waals surface area (Å²) in [4.78, 5) is 33.0. The number of nitrogens with one attached hydrogen (secondary N) is 1. The molecule has 0 aliphatic rings. The molecule has 2 amide bonds. The maximum atomic E-state index is 13.6. The molecule has 33 heavy (non-hydrogen) atoms. The minimum Gasteiger partial charge on any atom is -0.315 e. The van der Waals surface area contributed by atoms with Crippen LogP contribution in [-0.2, 0) is 6.54 Å². The molecule has 1 unspecified atom stereocenters. The maximum Gasteiger partial charge on any atom is 0.322 e. The topological polar surface area (TPSA) is 67.2 Å². The number of carbonyl (C=O) groups is 1. The molecule has 1 N–H and O–H groups in total. The van der Waals surface area contributed by atoms with Crippen molar-refractivity contribution in [1.82, 2.24) is 14.5 Å². The van der Waals surface area contributed by atoms with E-state index in [1.807, 2.05) is 32.0 Å². The number of hydrogen-bond donors (Lipinski definition) is 1. The van der Waals surface area contributed by atoms with Crippen LogP contribution in [0.4, 0.5) is 14.9 Å². The van der Waals surface area contributed by atoms with E-state index < -0.39 is 11.9 Å². The predicted octanol–water partition coefficient (Wildman–Crippen LogP) is 6.12. The van der Waals surface area contributed by atoms with Crippen molar-refractivity contribution in [2.75, 3.05) is 11.9 Å². The van der Waals surface area contributed by atoms with E-state index in [1.54, 1.807) is 27.7 Å². The summed E-state index contributed by atoms with van der Waals surface area (Å²) in [5, 5.41) is 3.38. The fraction of sp³-hybridized carbons (Fsp3) is 0.423. The number of halogens is 1. The molecule has 7 heteroatoms. The molecule has 3 aromatic rings. The lowest BCUT2D eigenvalue weighted by Crippen LogP contribution is -2.40. The summed E-state index contributed by atoms with van der Waals surface area (Å²) in [7, 11) is 0. The molecule has 176 valence electrons. The summed E-state index contributed by atoms with van der Waals surface area (Å²) < 4.78 is 15.3. The molecular formula is C26H33FN4O2. The average Bonchev–Trinajstić information content (AvgIpc) is 2.80. The smallest absolute Gasteiger partial charge is 0.315 e. The Morgan fingerprint density at radius 1 is 1.09 bits per heavy atom. The van der Waals surface area contributed by atoms with Crippen LogP contribution in [0.25, 0.3) is 10.9 Å². The maximum absolute atomic E-state index is 13.6. The van der Waals surface area contributed by atoms with Gasteiger partial charge < -0.3 is 10.2 Å². The third-order valence-corrected chi connectivity index (χ3v) is 5.77. The normalized spacial score (nSPS) is 12.0. The molecule has 0 aliphatic carbocycles. The summed E-state index contributed by atoms with van der Waals surface area (Å²) in [6.07, 6.45) is 4.78. The Balaban J connectivity index is 1.98. The highest BCUT2D eigenvalue weighted by atomic mass is 19.1. The highest BCUT2D eigenvalue weighted by Crippen LogP contribution is 2.23. The Hall–Kier alpha value is -3.22. The molecule has 1 aromatic heterocycles. The average molecular weight is 453 g/mol. The molecule has 3 rings (SSSR count). The fourth-order valence-electron chi connectivity index (χ4n) is 4.02. The molecule has 0 bridgehead atoms. The van der Waals surface area contributed by atoms with Gasteiger partial charge in [0, 0.05) is 18.8 Å². The Morgan fingerprint density at radius 3 is 2.61 bits per heavy atom. The summed E-state index contributed by atoms with van der Waals surface area (Å²) in [6, 6.07) is 12.4. The van der Waals surface area contributed by atoms with Crippen LogP contribution in [0.2, 0.25) is 0 Å². The Labute approximate surface area is 194 Å². The molecule has 0 saturated carbocycles. The molecule has 0 radical (unpaired) electrons. The number of carbonyl (C=O) groups excluding carboxylic acids is 1. The van der Waals surface area contributed by atoms with Crippen molar-refractivity contribution in [3.63, 3.8) is 0 Å². The minimum atomic E-state index is -0.441. The van der Waals surface area contributed by atoms with Crippen molar-refractivity contribution < 1.29 is 9.18 Å². The van der Waals surface area contributed by atoms with Gasteiger partial charge in [-0.05, 0) is 50.1 Å². The first-order valence-electron chi connectivity index (χ1n) is 11.8. The van der Waals surface area contributed by atoms with Crippen molar-refractivity contribution in [2.24, 2.45) is 0 Å². The molecular weight excluding hydrogens is 419 g/mol. The SMILES string of the molecule is CCCCCCN(C(=O)Nc1cccc(F)c1)C(C)c1nc2ccccc2c(=O)n1CCC. The van der Waals surface area contributed by atoms with E-state index in [0.29, 0.717) is 35.5 Å². The first kappa shape index (κ1) is 24.4. The molecule has 2 aromatic carbocycles. The molecule has 0 saturated heterocycles. The first-order chi connectivity index (χ1) is 16.0. The standard InChI is InChI=1S/C26H33FN4O2/c1-4-6-7-10-17-30(26(33)28-21-13-11-12-20(27)18-21)19(3)24-29-23-15-9-8-14-22(23)25(32)31(24)16-5-2/h8-9,11-15,18-19H,4-7,10,16-17H2,1-3H3,(H,28,33). The van der Waals surface area contributed by atoms with Gasteiger partial charge in [0.2, 0.25) is 0 Å². The van der Waals surface area contributed by atoms with Gasteiger partial charge in [-0.3, -0.25) is 9.36 Å². The monoisotopic (exact) mass is 452 g/mol. The van der Waals surface area contributed by atoms with Gasteiger partial charge in [-0.15, -0.1) is 0 Å². The number of benzene rings is 2. The van der Waals surface area contributed by atoms with Crippen LogP contribution in [-0.4, -0.2) is 27.0 Å². The lowest BCUT2D eigenvalue weighted by Gasteiger charge is -2.30. The van der Waals surface area contributed by atoms with E-state index in [-0.39, 0.29) is 11.6 Å². The number of amides is 2. The van der Waals surface area contributed by atoms with Crippen molar-refractivity contribution in [3.05, 3.63) is 70.5 Å². The second-order valence-electron chi connectivity index (χ2n) is 8.31. The predicted molar refractivity (Wildman–Crippen MR) is 131 cm³/mol. The number of aromatic nitrogens is 2. The highest BCUT2D eigenvalue weighted by Gasteiger charge is 2.26. The number of hydrogen-bond acceptors (Lipinski definition) is 3.